The van der Waals surface area contributed by atoms with E-state index in [4.69, 9.17) is 10.5 Å². The molecule has 0 radical (unpaired) electrons. The van der Waals surface area contributed by atoms with Gasteiger partial charge in [0.05, 0.1) is 7.11 Å². The number of aromatic nitrogens is 1. The number of carbonyl (C=O) groups is 1. The molecule has 1 atom stereocenters. The Labute approximate surface area is 123 Å². The molecule has 5 heteroatoms. The van der Waals surface area contributed by atoms with Crippen LogP contribution in [0.1, 0.15) is 11.3 Å². The number of benzene rings is 1. The van der Waals surface area contributed by atoms with E-state index in [1.54, 1.807) is 30.3 Å². The lowest BCUT2D eigenvalue weighted by Gasteiger charge is -2.28. The van der Waals surface area contributed by atoms with Gasteiger partial charge in [-0.05, 0) is 11.6 Å². The van der Waals surface area contributed by atoms with Crippen molar-refractivity contribution in [3.8, 4) is 5.88 Å². The number of aliphatic carboxylic acids is 1. The number of methoxy groups -OCH3 is 1. The van der Waals surface area contributed by atoms with Crippen molar-refractivity contribution >= 4 is 5.97 Å². The van der Waals surface area contributed by atoms with Crippen LogP contribution in [0.3, 0.4) is 0 Å². The first-order chi connectivity index (χ1) is 10.1. The van der Waals surface area contributed by atoms with E-state index in [2.05, 4.69) is 4.98 Å². The predicted octanol–water partition coefficient (Wildman–Crippen LogP) is 1.61. The van der Waals surface area contributed by atoms with Gasteiger partial charge in [-0.25, -0.2) is 4.98 Å². The van der Waals surface area contributed by atoms with E-state index in [1.165, 1.54) is 7.11 Å². The lowest BCUT2D eigenvalue weighted by molar-refractivity contribution is -0.143. The quantitative estimate of drug-likeness (QED) is 0.842. The highest BCUT2D eigenvalue weighted by molar-refractivity contribution is 5.82. The molecule has 5 nitrogen and oxygen atoms in total. The molecule has 0 saturated heterocycles. The van der Waals surface area contributed by atoms with E-state index < -0.39 is 11.4 Å². The Bertz CT molecular complexity index is 616. The summed E-state index contributed by atoms with van der Waals surface area (Å²) in [6.07, 6.45) is 0.208. The monoisotopic (exact) mass is 286 g/mol. The SMILES string of the molecule is COc1cccc(CC(CN)(C(=O)O)c2ccccc2)n1. The van der Waals surface area contributed by atoms with Gasteiger partial charge in [-0.3, -0.25) is 4.79 Å². The van der Waals surface area contributed by atoms with E-state index in [0.717, 1.165) is 0 Å². The summed E-state index contributed by atoms with van der Waals surface area (Å²) in [5.74, 6) is -0.502. The Kier molecular flexibility index (Phi) is 4.55. The predicted molar refractivity (Wildman–Crippen MR) is 79.3 cm³/mol. The van der Waals surface area contributed by atoms with Crippen molar-refractivity contribution in [3.63, 3.8) is 0 Å². The van der Waals surface area contributed by atoms with Crippen LogP contribution in [0.25, 0.3) is 0 Å². The standard InChI is InChI=1S/C16H18N2O3/c1-21-14-9-5-8-13(18-14)10-16(11-17,15(19)20)12-6-3-2-4-7-12/h2-9H,10-11,17H2,1H3,(H,19,20). The molecule has 1 aromatic carbocycles. The molecule has 0 saturated carbocycles. The molecular weight excluding hydrogens is 268 g/mol. The summed E-state index contributed by atoms with van der Waals surface area (Å²) >= 11 is 0. The van der Waals surface area contributed by atoms with Gasteiger partial charge in [0.2, 0.25) is 5.88 Å². The summed E-state index contributed by atoms with van der Waals surface area (Å²) in [4.78, 5) is 16.2. The molecule has 1 aromatic heterocycles. The second kappa shape index (κ2) is 6.37. The van der Waals surface area contributed by atoms with E-state index in [0.29, 0.717) is 17.1 Å². The molecule has 0 amide bonds. The van der Waals surface area contributed by atoms with Gasteiger partial charge in [-0.1, -0.05) is 36.4 Å². The Morgan fingerprint density at radius 1 is 1.24 bits per heavy atom. The molecule has 0 aliphatic rings. The topological polar surface area (TPSA) is 85.4 Å². The van der Waals surface area contributed by atoms with Crippen LogP contribution in [0.15, 0.2) is 48.5 Å². The van der Waals surface area contributed by atoms with Gasteiger partial charge in [-0.2, -0.15) is 0 Å². The Morgan fingerprint density at radius 3 is 2.52 bits per heavy atom. The minimum atomic E-state index is -1.19. The molecular formula is C16H18N2O3. The zero-order chi connectivity index (χ0) is 15.3. The van der Waals surface area contributed by atoms with Crippen LogP contribution in [0.2, 0.25) is 0 Å². The van der Waals surface area contributed by atoms with Crippen LogP contribution in [0.4, 0.5) is 0 Å². The first kappa shape index (κ1) is 15.0. The first-order valence-electron chi connectivity index (χ1n) is 6.61. The van der Waals surface area contributed by atoms with E-state index in [9.17, 15) is 9.90 Å². The number of rotatable bonds is 6. The fourth-order valence-corrected chi connectivity index (χ4v) is 2.31. The highest BCUT2D eigenvalue weighted by Crippen LogP contribution is 2.28. The Hall–Kier alpha value is -2.40. The van der Waals surface area contributed by atoms with E-state index in [1.807, 2.05) is 18.2 Å². The van der Waals surface area contributed by atoms with Crippen LogP contribution >= 0.6 is 0 Å². The molecule has 0 bridgehead atoms. The molecule has 110 valence electrons. The van der Waals surface area contributed by atoms with Crippen LogP contribution in [0.5, 0.6) is 5.88 Å². The van der Waals surface area contributed by atoms with Crippen molar-refractivity contribution < 1.29 is 14.6 Å². The minimum absolute atomic E-state index is 0.00869. The van der Waals surface area contributed by atoms with Gasteiger partial charge in [0.15, 0.2) is 0 Å². The van der Waals surface area contributed by atoms with Crippen LogP contribution in [0, 0.1) is 0 Å². The van der Waals surface area contributed by atoms with Crippen LogP contribution < -0.4 is 10.5 Å². The van der Waals surface area contributed by atoms with Gasteiger partial charge in [0.1, 0.15) is 5.41 Å². The van der Waals surface area contributed by atoms with Crippen molar-refractivity contribution in [2.45, 2.75) is 11.8 Å². The maximum atomic E-state index is 11.9. The number of ether oxygens (including phenoxy) is 1. The van der Waals surface area contributed by atoms with Gasteiger partial charge in [-0.15, -0.1) is 0 Å². The molecule has 0 aliphatic heterocycles. The molecule has 3 N–H and O–H groups in total. The lowest BCUT2D eigenvalue weighted by Crippen LogP contribution is -2.45. The zero-order valence-electron chi connectivity index (χ0n) is 11.8. The second-order valence-electron chi connectivity index (χ2n) is 4.81. The van der Waals surface area contributed by atoms with E-state index >= 15 is 0 Å². The number of pyridine rings is 1. The third kappa shape index (κ3) is 3.03. The number of carboxylic acids is 1. The first-order valence-corrected chi connectivity index (χ1v) is 6.61. The molecule has 2 rings (SSSR count). The molecule has 0 fully saturated rings. The molecule has 2 aromatic rings. The maximum absolute atomic E-state index is 11.9. The fourth-order valence-electron chi connectivity index (χ4n) is 2.31. The van der Waals surface area contributed by atoms with Crippen molar-refractivity contribution in [3.05, 3.63) is 59.8 Å². The smallest absolute Gasteiger partial charge is 0.315 e. The summed E-state index contributed by atoms with van der Waals surface area (Å²) in [5, 5.41) is 9.73. The summed E-state index contributed by atoms with van der Waals surface area (Å²) in [7, 11) is 1.52. The average molecular weight is 286 g/mol. The molecule has 21 heavy (non-hydrogen) atoms. The number of nitrogens with two attached hydrogens (primary N) is 1. The van der Waals surface area contributed by atoms with Gasteiger partial charge < -0.3 is 15.6 Å². The van der Waals surface area contributed by atoms with Crippen LogP contribution in [-0.4, -0.2) is 29.7 Å². The van der Waals surface area contributed by atoms with Gasteiger partial charge in [0.25, 0.3) is 0 Å². The maximum Gasteiger partial charge on any atom is 0.315 e. The number of hydrogen-bond donors (Lipinski definition) is 2. The lowest BCUT2D eigenvalue weighted by atomic mass is 9.76. The van der Waals surface area contributed by atoms with Crippen LogP contribution in [-0.2, 0) is 16.6 Å². The average Bonchev–Trinajstić information content (AvgIpc) is 2.53. The van der Waals surface area contributed by atoms with Gasteiger partial charge >= 0.3 is 5.97 Å². The van der Waals surface area contributed by atoms with Gasteiger partial charge in [0, 0.05) is 24.7 Å². The normalized spacial score (nSPS) is 13.4. The summed E-state index contributed by atoms with van der Waals surface area (Å²) < 4.78 is 5.08. The summed E-state index contributed by atoms with van der Waals surface area (Å²) in [5.41, 5.74) is 5.93. The second-order valence-corrected chi connectivity index (χ2v) is 4.81. The Balaban J connectivity index is 2.43. The minimum Gasteiger partial charge on any atom is -0.481 e. The van der Waals surface area contributed by atoms with Crippen molar-refractivity contribution in [1.29, 1.82) is 0 Å². The molecule has 1 unspecified atom stereocenters. The van der Waals surface area contributed by atoms with Crippen molar-refractivity contribution in [2.24, 2.45) is 5.73 Å². The Morgan fingerprint density at radius 2 is 1.95 bits per heavy atom. The third-order valence-electron chi connectivity index (χ3n) is 3.56. The largest absolute Gasteiger partial charge is 0.481 e. The zero-order valence-corrected chi connectivity index (χ0v) is 11.8. The number of nitrogens with zero attached hydrogens (tertiary/aromatic N) is 1. The summed E-state index contributed by atoms with van der Waals surface area (Å²) in [6.45, 7) is -0.00869. The fraction of sp³-hybridized carbons (Fsp3) is 0.250. The van der Waals surface area contributed by atoms with E-state index in [-0.39, 0.29) is 13.0 Å². The molecule has 1 heterocycles. The molecule has 0 spiro atoms. The molecule has 0 aliphatic carbocycles. The number of hydrogen-bond acceptors (Lipinski definition) is 4. The highest BCUT2D eigenvalue weighted by atomic mass is 16.5. The van der Waals surface area contributed by atoms with Crippen molar-refractivity contribution in [1.82, 2.24) is 4.98 Å². The number of carboxylic acid groups (broad SMARTS) is 1. The highest BCUT2D eigenvalue weighted by Gasteiger charge is 2.39. The van der Waals surface area contributed by atoms with Crippen molar-refractivity contribution in [2.75, 3.05) is 13.7 Å². The summed E-state index contributed by atoms with van der Waals surface area (Å²) in [6, 6.07) is 14.3. The third-order valence-corrected chi connectivity index (χ3v) is 3.56.